The zero-order chi connectivity index (χ0) is 23.5. The molecule has 3 heterocycles. The van der Waals surface area contributed by atoms with Crippen molar-refractivity contribution < 1.29 is 19.1 Å². The number of nitrogens with one attached hydrogen (secondary N) is 2. The minimum Gasteiger partial charge on any atom is -0.493 e. The van der Waals surface area contributed by atoms with Gasteiger partial charge in [0.25, 0.3) is 5.91 Å². The van der Waals surface area contributed by atoms with E-state index in [0.717, 1.165) is 53.0 Å². The predicted molar refractivity (Wildman–Crippen MR) is 132 cm³/mol. The van der Waals surface area contributed by atoms with Crippen LogP contribution in [0.4, 0.5) is 5.82 Å². The molecule has 34 heavy (non-hydrogen) atoms. The molecule has 3 aromatic rings. The largest absolute Gasteiger partial charge is 0.493 e. The number of ether oxygens (including phenoxy) is 2. The lowest BCUT2D eigenvalue weighted by molar-refractivity contribution is -0.122. The minimum atomic E-state index is -0.277. The molecule has 2 amide bonds. The van der Waals surface area contributed by atoms with Gasteiger partial charge in [-0.15, -0.1) is 0 Å². The molecule has 2 N–H and O–H groups in total. The molecule has 0 saturated carbocycles. The Labute approximate surface area is 202 Å². The van der Waals surface area contributed by atoms with Gasteiger partial charge in [-0.2, -0.15) is 16.9 Å². The van der Waals surface area contributed by atoms with Crippen LogP contribution in [0.1, 0.15) is 41.4 Å². The fraction of sp³-hybridized carbons (Fsp3) is 0.400. The molecule has 9 heteroatoms. The highest BCUT2D eigenvalue weighted by molar-refractivity contribution is 7.98. The Morgan fingerprint density at radius 2 is 2.12 bits per heavy atom. The molecule has 2 aliphatic rings. The molecule has 0 radical (unpaired) electrons. The van der Waals surface area contributed by atoms with Crippen LogP contribution >= 0.6 is 11.8 Å². The van der Waals surface area contributed by atoms with E-state index in [0.29, 0.717) is 30.3 Å². The van der Waals surface area contributed by atoms with Crippen LogP contribution in [0, 0.1) is 0 Å². The maximum Gasteiger partial charge on any atom is 0.261 e. The average molecular weight is 481 g/mol. The summed E-state index contributed by atoms with van der Waals surface area (Å²) in [5.41, 5.74) is 2.37. The molecule has 1 unspecified atom stereocenters. The van der Waals surface area contributed by atoms with Gasteiger partial charge in [0.15, 0.2) is 0 Å². The van der Waals surface area contributed by atoms with Crippen molar-refractivity contribution in [2.75, 3.05) is 25.1 Å². The predicted octanol–water partition coefficient (Wildman–Crippen LogP) is 3.73. The summed E-state index contributed by atoms with van der Waals surface area (Å²) in [5.74, 6) is 2.19. The Balaban J connectivity index is 1.41. The summed E-state index contributed by atoms with van der Waals surface area (Å²) in [4.78, 5) is 26.3. The van der Waals surface area contributed by atoms with E-state index in [4.69, 9.17) is 9.47 Å². The van der Waals surface area contributed by atoms with E-state index < -0.39 is 0 Å². The van der Waals surface area contributed by atoms with E-state index in [1.54, 1.807) is 16.4 Å². The molecular weight excluding hydrogens is 452 g/mol. The number of nitrogens with zero attached hydrogens (tertiary/aromatic N) is 2. The van der Waals surface area contributed by atoms with Crippen LogP contribution in [0.5, 0.6) is 5.75 Å². The Bertz CT molecular complexity index is 1220. The van der Waals surface area contributed by atoms with Crippen molar-refractivity contribution >= 4 is 40.2 Å². The number of carbonyl (C=O) groups is 2. The number of carbonyl (C=O) groups excluding carboxylic acids is 2. The van der Waals surface area contributed by atoms with Gasteiger partial charge >= 0.3 is 0 Å². The first-order chi connectivity index (χ1) is 16.6. The summed E-state index contributed by atoms with van der Waals surface area (Å²) in [6.45, 7) is 3.62. The first-order valence-corrected chi connectivity index (χ1v) is 12.8. The molecule has 2 aliphatic heterocycles. The second-order valence-electron chi connectivity index (χ2n) is 8.41. The van der Waals surface area contributed by atoms with Crippen molar-refractivity contribution in [2.45, 2.75) is 43.9 Å². The van der Waals surface area contributed by atoms with Crippen molar-refractivity contribution in [3.63, 3.8) is 0 Å². The fourth-order valence-corrected chi connectivity index (χ4v) is 5.51. The topological polar surface area (TPSA) is 94.5 Å². The van der Waals surface area contributed by atoms with Crippen LogP contribution < -0.4 is 15.4 Å². The zero-order valence-electron chi connectivity index (χ0n) is 19.1. The number of benzene rings is 2. The summed E-state index contributed by atoms with van der Waals surface area (Å²) >= 11 is 1.75. The Morgan fingerprint density at radius 1 is 1.24 bits per heavy atom. The molecule has 0 aliphatic carbocycles. The number of rotatable bonds is 8. The molecular formula is C25H28N4O4S. The molecule has 8 nitrogen and oxygen atoms in total. The van der Waals surface area contributed by atoms with Gasteiger partial charge < -0.3 is 20.1 Å². The van der Waals surface area contributed by atoms with Crippen molar-refractivity contribution in [2.24, 2.45) is 0 Å². The standard InChI is InChI=1S/C25H28N4O4S/c1-2-32-21-10-9-16-6-3-4-8-18(16)23(21)25(31)27-24-19-14-34-15-20(19)28-29(24)13-22(30)26-12-17-7-5-11-33-17/h3-4,6,8-10,17H,2,5,7,11-15H2,1H3,(H,26,30)(H,27,31). The molecule has 0 spiro atoms. The van der Waals surface area contributed by atoms with E-state index in [-0.39, 0.29) is 24.5 Å². The van der Waals surface area contributed by atoms with Crippen LogP contribution in [0.25, 0.3) is 10.8 Å². The third-order valence-electron chi connectivity index (χ3n) is 6.11. The third kappa shape index (κ3) is 4.63. The summed E-state index contributed by atoms with van der Waals surface area (Å²) in [6.07, 6.45) is 2.06. The lowest BCUT2D eigenvalue weighted by Crippen LogP contribution is -2.34. The van der Waals surface area contributed by atoms with Gasteiger partial charge in [-0.1, -0.05) is 30.3 Å². The lowest BCUT2D eigenvalue weighted by atomic mass is 10.0. The van der Waals surface area contributed by atoms with Gasteiger partial charge in [-0.25, -0.2) is 4.68 Å². The van der Waals surface area contributed by atoms with E-state index in [1.165, 1.54) is 0 Å². The molecule has 2 aromatic carbocycles. The Hall–Kier alpha value is -3.04. The molecule has 1 atom stereocenters. The van der Waals surface area contributed by atoms with Crippen LogP contribution in [0.3, 0.4) is 0 Å². The second kappa shape index (κ2) is 10.1. The Morgan fingerprint density at radius 3 is 2.94 bits per heavy atom. The molecule has 1 saturated heterocycles. The van der Waals surface area contributed by atoms with Crippen LogP contribution in [0.2, 0.25) is 0 Å². The number of hydrogen-bond acceptors (Lipinski definition) is 6. The number of aromatic nitrogens is 2. The lowest BCUT2D eigenvalue weighted by Gasteiger charge is -2.16. The van der Waals surface area contributed by atoms with Crippen LogP contribution in [0.15, 0.2) is 36.4 Å². The van der Waals surface area contributed by atoms with Gasteiger partial charge in [0, 0.05) is 30.2 Å². The van der Waals surface area contributed by atoms with E-state index in [1.807, 2.05) is 43.3 Å². The molecule has 178 valence electrons. The SMILES string of the molecule is CCOc1ccc2ccccc2c1C(=O)Nc1c2c(nn1CC(=O)NCC1CCCO1)CSC2. The summed E-state index contributed by atoms with van der Waals surface area (Å²) < 4.78 is 13.0. The normalized spacial score (nSPS) is 17.0. The number of anilines is 1. The first-order valence-electron chi connectivity index (χ1n) is 11.6. The van der Waals surface area contributed by atoms with Crippen LogP contribution in [-0.2, 0) is 27.6 Å². The zero-order valence-corrected chi connectivity index (χ0v) is 20.0. The van der Waals surface area contributed by atoms with Gasteiger partial charge in [-0.05, 0) is 36.6 Å². The first kappa shape index (κ1) is 22.7. The quantitative estimate of drug-likeness (QED) is 0.510. The number of thioether (sulfide) groups is 1. The van der Waals surface area contributed by atoms with E-state index >= 15 is 0 Å². The maximum atomic E-state index is 13.6. The summed E-state index contributed by atoms with van der Waals surface area (Å²) in [6, 6.07) is 11.5. The molecule has 0 bridgehead atoms. The summed E-state index contributed by atoms with van der Waals surface area (Å²) in [5, 5.41) is 12.4. The average Bonchev–Trinajstić information content (AvgIpc) is 3.58. The van der Waals surface area contributed by atoms with E-state index in [2.05, 4.69) is 15.7 Å². The second-order valence-corrected chi connectivity index (χ2v) is 9.40. The number of fused-ring (bicyclic) bond motifs is 2. The molecule has 1 aromatic heterocycles. The van der Waals surface area contributed by atoms with E-state index in [9.17, 15) is 9.59 Å². The highest BCUT2D eigenvalue weighted by Crippen LogP contribution is 2.36. The number of amides is 2. The fourth-order valence-electron chi connectivity index (χ4n) is 4.48. The smallest absolute Gasteiger partial charge is 0.261 e. The van der Waals surface area contributed by atoms with Gasteiger partial charge in [0.1, 0.15) is 18.1 Å². The monoisotopic (exact) mass is 480 g/mol. The van der Waals surface area contributed by atoms with Crippen LogP contribution in [-0.4, -0.2) is 47.5 Å². The van der Waals surface area contributed by atoms with Gasteiger partial charge in [0.05, 0.1) is 24.0 Å². The molecule has 5 rings (SSSR count). The summed E-state index contributed by atoms with van der Waals surface area (Å²) in [7, 11) is 0. The third-order valence-corrected chi connectivity index (χ3v) is 7.08. The van der Waals surface area contributed by atoms with Gasteiger partial charge in [0.2, 0.25) is 5.91 Å². The van der Waals surface area contributed by atoms with Gasteiger partial charge in [-0.3, -0.25) is 9.59 Å². The van der Waals surface area contributed by atoms with Crippen molar-refractivity contribution in [3.05, 3.63) is 53.2 Å². The van der Waals surface area contributed by atoms with Crippen molar-refractivity contribution in [1.29, 1.82) is 0 Å². The Kier molecular flexibility index (Phi) is 6.73. The number of hydrogen-bond donors (Lipinski definition) is 2. The maximum absolute atomic E-state index is 13.6. The van der Waals surface area contributed by atoms with Crippen molar-refractivity contribution in [1.82, 2.24) is 15.1 Å². The minimum absolute atomic E-state index is 0.0356. The highest BCUT2D eigenvalue weighted by Gasteiger charge is 2.27. The van der Waals surface area contributed by atoms with Crippen molar-refractivity contribution in [3.8, 4) is 5.75 Å². The molecule has 1 fully saturated rings. The highest BCUT2D eigenvalue weighted by atomic mass is 32.2.